The molecule has 2 heterocycles. The number of aromatic hydroxyl groups is 2. The van der Waals surface area contributed by atoms with Crippen LogP contribution in [0.1, 0.15) is 94.2 Å². The molecule has 6 bridgehead atoms. The molecule has 15 nitrogen and oxygen atoms in total. The van der Waals surface area contributed by atoms with E-state index in [4.69, 9.17) is 26.6 Å². The Morgan fingerprint density at radius 1 is 0.884 bits per heavy atom. The largest absolute Gasteiger partial charge is 0.507 e. The minimum atomic E-state index is -1.42. The number of likely N-dealkylation sites (N-methyl/N-ethyl adjacent to an activating group) is 1. The first kappa shape index (κ1) is 49.5. The van der Waals surface area contributed by atoms with Crippen LogP contribution in [0.25, 0.3) is 22.3 Å². The molecule has 0 unspecified atom stereocenters. The molecule has 5 amide bonds. The number of hydrogen-bond acceptors (Lipinski definition) is 10. The summed E-state index contributed by atoms with van der Waals surface area (Å²) < 4.78 is 13.1. The molecule has 0 aromatic heterocycles. The van der Waals surface area contributed by atoms with Crippen molar-refractivity contribution < 1.29 is 43.5 Å². The SMILES string of the molecule is C[C@H](NC(=O)[C@@H]1Cc2ccc(O)c(c2)-c2cc(ccc2O)[C@H](N(C)C(=O)[C@H](CCCCN)NC(=O)c2ccc(-c3ccc(Cl)cc3)cc2)C(=O)N[C@@H](C)C(=O)N1)B1O[C@@H]2C[C@@H]3C[C@@H](C3(C)C)[C@]2(C)O1. The molecule has 4 fully saturated rings. The number of hydrogen-bond donors (Lipinski definition) is 7. The number of fused-ring (bicyclic) bond motifs is 5. The van der Waals surface area contributed by atoms with Crippen molar-refractivity contribution in [3.8, 4) is 33.8 Å². The van der Waals surface area contributed by atoms with Crippen LogP contribution in [0.2, 0.25) is 5.02 Å². The zero-order chi connectivity index (χ0) is 49.5. The van der Waals surface area contributed by atoms with E-state index in [1.165, 1.54) is 43.1 Å². The average molecular weight is 961 g/mol. The molecule has 3 aliphatic carbocycles. The molecule has 5 aliphatic rings. The lowest BCUT2D eigenvalue weighted by atomic mass is 9.43. The van der Waals surface area contributed by atoms with Gasteiger partial charge in [-0.15, -0.1) is 0 Å². The van der Waals surface area contributed by atoms with Crippen LogP contribution in [0.15, 0.2) is 84.9 Å². The van der Waals surface area contributed by atoms with Gasteiger partial charge >= 0.3 is 7.12 Å². The van der Waals surface area contributed by atoms with Gasteiger partial charge < -0.3 is 51.4 Å². The molecule has 0 spiro atoms. The maximum atomic E-state index is 14.7. The Bertz CT molecular complexity index is 2620. The molecular weight excluding hydrogens is 899 g/mol. The van der Waals surface area contributed by atoms with E-state index < -0.39 is 72.4 Å². The standard InChI is InChI=1S/C52H62BClN6O9/c1-28-46(63)59-40(48(65)57-29(2)53-68-44-27-35-26-43(51(35,3)4)52(44,5)69-53)24-30-10-20-41(61)37(23-30)38-25-34(17-21-42(38)62)45(49(66)56-28)60(6)50(67)39(9-7-8-22-55)58-47(64)33-13-11-31(12-14-33)32-15-18-36(54)19-16-32/h10-21,23,25,28-29,35,39-40,43-45,61-62H,7-9,22,24,26-27,55H2,1-6H3,(H,56,66)(H,57,65)(H,58,64)(H,59,63)/t28-,29-,35-,39-,40-,43-,44+,45-,52-/m0/s1. The highest BCUT2D eigenvalue weighted by Crippen LogP contribution is 2.65. The molecule has 69 heavy (non-hydrogen) atoms. The van der Waals surface area contributed by atoms with Crippen molar-refractivity contribution in [3.05, 3.63) is 107 Å². The van der Waals surface area contributed by atoms with Crippen LogP contribution in [-0.4, -0.2) is 101 Å². The molecule has 4 aromatic rings. The van der Waals surface area contributed by atoms with Gasteiger partial charge in [-0.3, -0.25) is 24.0 Å². The van der Waals surface area contributed by atoms with Gasteiger partial charge in [-0.25, -0.2) is 0 Å². The summed E-state index contributed by atoms with van der Waals surface area (Å²) in [6, 6.07) is 18.3. The highest BCUT2D eigenvalue weighted by atomic mass is 35.5. The summed E-state index contributed by atoms with van der Waals surface area (Å²) in [4.78, 5) is 72.6. The van der Waals surface area contributed by atoms with E-state index in [0.29, 0.717) is 47.4 Å². The topological polar surface area (TPSA) is 222 Å². The number of carbonyl (C=O) groups excluding carboxylic acids is 5. The quantitative estimate of drug-likeness (QED) is 0.0665. The zero-order valence-electron chi connectivity index (χ0n) is 39.9. The number of nitrogens with two attached hydrogens (primary N) is 1. The first-order valence-corrected chi connectivity index (χ1v) is 24.2. The predicted molar refractivity (Wildman–Crippen MR) is 263 cm³/mol. The summed E-state index contributed by atoms with van der Waals surface area (Å²) >= 11 is 6.07. The summed E-state index contributed by atoms with van der Waals surface area (Å²) in [6.07, 6.45) is 3.07. The highest BCUT2D eigenvalue weighted by molar-refractivity contribution is 6.47. The van der Waals surface area contributed by atoms with Gasteiger partial charge in [0.25, 0.3) is 5.91 Å². The lowest BCUT2D eigenvalue weighted by molar-refractivity contribution is -0.199. The van der Waals surface area contributed by atoms with Crippen molar-refractivity contribution in [1.82, 2.24) is 26.2 Å². The van der Waals surface area contributed by atoms with Crippen LogP contribution in [-0.2, 0) is 34.9 Å². The molecule has 3 saturated carbocycles. The van der Waals surface area contributed by atoms with Gasteiger partial charge in [0.1, 0.15) is 35.7 Å². The van der Waals surface area contributed by atoms with Gasteiger partial charge in [-0.05, 0) is 147 Å². The highest BCUT2D eigenvalue weighted by Gasteiger charge is 2.68. The second-order valence-corrected chi connectivity index (χ2v) is 20.4. The van der Waals surface area contributed by atoms with Gasteiger partial charge in [0, 0.05) is 35.2 Å². The van der Waals surface area contributed by atoms with Crippen LogP contribution in [0.3, 0.4) is 0 Å². The zero-order valence-corrected chi connectivity index (χ0v) is 40.6. The molecular formula is C52H62BClN6O9. The molecule has 2 aliphatic heterocycles. The second kappa shape index (κ2) is 19.8. The number of halogens is 1. The molecule has 1 saturated heterocycles. The van der Waals surface area contributed by atoms with Gasteiger partial charge in [-0.1, -0.05) is 61.8 Å². The van der Waals surface area contributed by atoms with E-state index >= 15 is 0 Å². The fourth-order valence-corrected chi connectivity index (χ4v) is 11.0. The van der Waals surface area contributed by atoms with E-state index in [9.17, 15) is 34.2 Å². The first-order chi connectivity index (χ1) is 32.8. The van der Waals surface area contributed by atoms with Crippen LogP contribution >= 0.6 is 11.6 Å². The number of unbranched alkanes of at least 4 members (excludes halogenated alkanes) is 1. The van der Waals surface area contributed by atoms with Crippen molar-refractivity contribution in [2.45, 2.75) is 115 Å². The van der Waals surface area contributed by atoms with E-state index in [1.807, 2.05) is 12.1 Å². The fraction of sp³-hybridized carbons (Fsp3) is 0.442. The summed E-state index contributed by atoms with van der Waals surface area (Å²) in [5.74, 6) is -3.24. The van der Waals surface area contributed by atoms with Crippen molar-refractivity contribution in [1.29, 1.82) is 0 Å². The number of phenols is 2. The van der Waals surface area contributed by atoms with Gasteiger partial charge in [0.05, 0.1) is 17.6 Å². The lowest BCUT2D eigenvalue weighted by Gasteiger charge is -2.64. The molecule has 8 N–H and O–H groups in total. The first-order valence-electron chi connectivity index (χ1n) is 23.8. The summed E-state index contributed by atoms with van der Waals surface area (Å²) in [6.45, 7) is 10.3. The third-order valence-electron chi connectivity index (χ3n) is 15.1. The molecule has 17 heteroatoms. The fourth-order valence-electron chi connectivity index (χ4n) is 10.8. The Labute approximate surface area is 408 Å². The van der Waals surface area contributed by atoms with E-state index in [1.54, 1.807) is 55.5 Å². The number of carbonyl (C=O) groups is 5. The predicted octanol–water partition coefficient (Wildman–Crippen LogP) is 5.83. The number of phenolic OH excluding ortho intramolecular Hbond substituents is 2. The number of nitrogens with one attached hydrogen (secondary N) is 4. The Morgan fingerprint density at radius 3 is 2.20 bits per heavy atom. The molecule has 364 valence electrons. The normalized spacial score (nSPS) is 25.7. The van der Waals surface area contributed by atoms with Gasteiger partial charge in [-0.2, -0.15) is 0 Å². The van der Waals surface area contributed by atoms with Crippen LogP contribution in [0.4, 0.5) is 0 Å². The Kier molecular flexibility index (Phi) is 14.2. The van der Waals surface area contributed by atoms with Crippen LogP contribution in [0, 0.1) is 17.3 Å². The number of amides is 5. The third-order valence-corrected chi connectivity index (χ3v) is 15.4. The van der Waals surface area contributed by atoms with Crippen LogP contribution < -0.4 is 27.0 Å². The van der Waals surface area contributed by atoms with Crippen molar-refractivity contribution >= 4 is 48.3 Å². The monoisotopic (exact) mass is 960 g/mol. The lowest BCUT2D eigenvalue weighted by Crippen LogP contribution is -2.65. The van der Waals surface area contributed by atoms with Crippen molar-refractivity contribution in [3.63, 3.8) is 0 Å². The maximum Gasteiger partial charge on any atom is 0.481 e. The molecule has 9 rings (SSSR count). The van der Waals surface area contributed by atoms with Crippen molar-refractivity contribution in [2.75, 3.05) is 13.6 Å². The minimum absolute atomic E-state index is 0.0209. The third kappa shape index (κ3) is 9.94. The Morgan fingerprint density at radius 2 is 1.54 bits per heavy atom. The molecule has 4 aromatic carbocycles. The van der Waals surface area contributed by atoms with Gasteiger partial charge in [0.2, 0.25) is 23.6 Å². The smallest absolute Gasteiger partial charge is 0.481 e. The van der Waals surface area contributed by atoms with Crippen molar-refractivity contribution in [2.24, 2.45) is 23.0 Å². The maximum absolute atomic E-state index is 14.7. The van der Waals surface area contributed by atoms with Gasteiger partial charge in [0.15, 0.2) is 0 Å². The number of nitrogens with zero attached hydrogens (tertiary/aromatic N) is 1. The summed E-state index contributed by atoms with van der Waals surface area (Å²) in [5.41, 5.74) is 8.64. The van der Waals surface area contributed by atoms with E-state index in [2.05, 4.69) is 42.0 Å². The number of benzene rings is 4. The number of rotatable bonds is 12. The second-order valence-electron chi connectivity index (χ2n) is 20.0. The Balaban J connectivity index is 1.05. The Hall–Kier alpha value is -5.94. The summed E-state index contributed by atoms with van der Waals surface area (Å²) in [7, 11) is 0.701. The van der Waals surface area contributed by atoms with E-state index in [0.717, 1.165) is 24.0 Å². The summed E-state index contributed by atoms with van der Waals surface area (Å²) in [5, 5.41) is 34.6. The molecule has 9 atom stereocenters. The van der Waals surface area contributed by atoms with E-state index in [-0.39, 0.29) is 52.5 Å². The molecule has 0 radical (unpaired) electrons. The average Bonchev–Trinajstić information content (AvgIpc) is 3.69. The minimum Gasteiger partial charge on any atom is -0.507 e. The van der Waals surface area contributed by atoms with Crippen LogP contribution in [0.5, 0.6) is 11.5 Å².